The van der Waals surface area contributed by atoms with Crippen LogP contribution in [-0.2, 0) is 0 Å². The van der Waals surface area contributed by atoms with Crippen LogP contribution in [0.15, 0.2) is 23.8 Å². The Labute approximate surface area is 69.4 Å². The van der Waals surface area contributed by atoms with Crippen LogP contribution in [0.4, 0.5) is 0 Å². The van der Waals surface area contributed by atoms with Gasteiger partial charge in [0.15, 0.2) is 0 Å². The quantitative estimate of drug-likeness (QED) is 0.617. The molecule has 0 aliphatic heterocycles. The minimum Gasteiger partial charge on any atom is -0.392 e. The lowest BCUT2D eigenvalue weighted by atomic mass is 10.1. The highest BCUT2D eigenvalue weighted by molar-refractivity contribution is 5.18. The van der Waals surface area contributed by atoms with Gasteiger partial charge in [0.25, 0.3) is 0 Å². The third kappa shape index (κ3) is 5.86. The first-order valence-electron chi connectivity index (χ1n) is 4.18. The van der Waals surface area contributed by atoms with Gasteiger partial charge in [-0.25, -0.2) is 0 Å². The van der Waals surface area contributed by atoms with E-state index < -0.39 is 0 Å². The van der Waals surface area contributed by atoms with E-state index in [1.165, 1.54) is 5.57 Å². The summed E-state index contributed by atoms with van der Waals surface area (Å²) < 4.78 is 0. The summed E-state index contributed by atoms with van der Waals surface area (Å²) in [4.78, 5) is 0. The van der Waals surface area contributed by atoms with E-state index >= 15 is 0 Å². The van der Waals surface area contributed by atoms with Gasteiger partial charge in [-0.05, 0) is 12.3 Å². The number of hydrogen-bond acceptors (Lipinski definition) is 1. The van der Waals surface area contributed by atoms with E-state index in [1.807, 2.05) is 6.08 Å². The van der Waals surface area contributed by atoms with E-state index in [2.05, 4.69) is 26.8 Å². The summed E-state index contributed by atoms with van der Waals surface area (Å²) in [7, 11) is 0. The molecule has 0 bridgehead atoms. The average Bonchev–Trinajstić information content (AvgIpc) is 1.97. The minimum absolute atomic E-state index is 0.134. The van der Waals surface area contributed by atoms with Gasteiger partial charge in [-0.1, -0.05) is 44.6 Å². The Bertz CT molecular complexity index is 143. The van der Waals surface area contributed by atoms with Gasteiger partial charge in [0, 0.05) is 0 Å². The zero-order valence-electron chi connectivity index (χ0n) is 7.67. The molecule has 0 radical (unpaired) electrons. The first-order chi connectivity index (χ1) is 5.20. The summed E-state index contributed by atoms with van der Waals surface area (Å²) in [6.45, 7) is 6.57. The summed E-state index contributed by atoms with van der Waals surface area (Å²) in [5.74, 6) is 0.591. The third-order valence-electron chi connectivity index (χ3n) is 1.39. The number of allylic oxidation sites excluding steroid dienone is 3. The van der Waals surface area contributed by atoms with Gasteiger partial charge in [0.1, 0.15) is 0 Å². The van der Waals surface area contributed by atoms with Gasteiger partial charge >= 0.3 is 0 Å². The summed E-state index contributed by atoms with van der Waals surface area (Å²) in [6.07, 6.45) is 7.01. The predicted octanol–water partition coefficient (Wildman–Crippen LogP) is 2.53. The number of hydrogen-bond donors (Lipinski definition) is 1. The molecule has 0 aliphatic carbocycles. The highest BCUT2D eigenvalue weighted by atomic mass is 16.2. The van der Waals surface area contributed by atoms with Crippen LogP contribution in [0.1, 0.15) is 27.2 Å². The molecule has 0 saturated carbocycles. The molecule has 11 heavy (non-hydrogen) atoms. The van der Waals surface area contributed by atoms with Crippen molar-refractivity contribution in [2.75, 3.05) is 6.61 Å². The summed E-state index contributed by atoms with van der Waals surface area (Å²) >= 11 is 0. The molecule has 1 nitrogen and oxygen atoms in total. The molecule has 0 amide bonds. The monoisotopic (exact) mass is 154 g/mol. The fourth-order valence-corrected chi connectivity index (χ4v) is 0.923. The number of aliphatic hydroxyl groups is 1. The zero-order chi connectivity index (χ0) is 8.69. The van der Waals surface area contributed by atoms with Crippen LogP contribution in [0.2, 0.25) is 0 Å². The first kappa shape index (κ1) is 10.4. The molecule has 0 aromatic carbocycles. The molecule has 0 atom stereocenters. The van der Waals surface area contributed by atoms with E-state index in [1.54, 1.807) is 6.08 Å². The Balaban J connectivity index is 4.04. The molecule has 0 spiro atoms. The van der Waals surface area contributed by atoms with Gasteiger partial charge in [0.2, 0.25) is 0 Å². The lowest BCUT2D eigenvalue weighted by Crippen LogP contribution is -1.84. The smallest absolute Gasteiger partial charge is 0.0615 e. The largest absolute Gasteiger partial charge is 0.392 e. The fourth-order valence-electron chi connectivity index (χ4n) is 0.923. The van der Waals surface area contributed by atoms with Crippen LogP contribution < -0.4 is 0 Å². The van der Waals surface area contributed by atoms with Crippen LogP contribution in [0.5, 0.6) is 0 Å². The van der Waals surface area contributed by atoms with Gasteiger partial charge in [-0.3, -0.25) is 0 Å². The Kier molecular flexibility index (Phi) is 5.86. The van der Waals surface area contributed by atoms with E-state index in [0.717, 1.165) is 6.42 Å². The molecular weight excluding hydrogens is 136 g/mol. The van der Waals surface area contributed by atoms with Crippen molar-refractivity contribution in [3.8, 4) is 0 Å². The molecule has 0 aliphatic rings. The second-order valence-electron chi connectivity index (χ2n) is 2.92. The van der Waals surface area contributed by atoms with E-state index in [-0.39, 0.29) is 6.61 Å². The molecule has 64 valence electrons. The van der Waals surface area contributed by atoms with Crippen molar-refractivity contribution in [2.24, 2.45) is 5.92 Å². The fraction of sp³-hybridized carbons (Fsp3) is 0.600. The van der Waals surface area contributed by atoms with Crippen molar-refractivity contribution < 1.29 is 5.11 Å². The van der Waals surface area contributed by atoms with Crippen LogP contribution in [-0.4, -0.2) is 11.7 Å². The van der Waals surface area contributed by atoms with Gasteiger partial charge < -0.3 is 5.11 Å². The summed E-state index contributed by atoms with van der Waals surface area (Å²) in [5, 5.41) is 8.53. The average molecular weight is 154 g/mol. The number of aliphatic hydroxyl groups excluding tert-OH is 1. The summed E-state index contributed by atoms with van der Waals surface area (Å²) in [5.41, 5.74) is 1.30. The van der Waals surface area contributed by atoms with Gasteiger partial charge in [-0.2, -0.15) is 0 Å². The van der Waals surface area contributed by atoms with E-state index in [0.29, 0.717) is 5.92 Å². The van der Waals surface area contributed by atoms with Crippen molar-refractivity contribution in [1.82, 2.24) is 0 Å². The van der Waals surface area contributed by atoms with Crippen molar-refractivity contribution >= 4 is 0 Å². The zero-order valence-corrected chi connectivity index (χ0v) is 7.67. The SMILES string of the molecule is CCC(C=CCO)=CC(C)C. The molecule has 1 heteroatoms. The molecule has 0 unspecified atom stereocenters. The predicted molar refractivity (Wildman–Crippen MR) is 49.4 cm³/mol. The molecule has 0 aromatic rings. The molecular formula is C10H18O. The first-order valence-corrected chi connectivity index (χ1v) is 4.18. The van der Waals surface area contributed by atoms with E-state index in [4.69, 9.17) is 5.11 Å². The Morgan fingerprint density at radius 2 is 2.09 bits per heavy atom. The maximum absolute atomic E-state index is 8.53. The maximum atomic E-state index is 8.53. The Morgan fingerprint density at radius 1 is 1.45 bits per heavy atom. The van der Waals surface area contributed by atoms with Crippen molar-refractivity contribution in [3.63, 3.8) is 0 Å². The van der Waals surface area contributed by atoms with Gasteiger partial charge in [-0.15, -0.1) is 0 Å². The van der Waals surface area contributed by atoms with Crippen LogP contribution >= 0.6 is 0 Å². The second kappa shape index (κ2) is 6.17. The molecule has 0 heterocycles. The van der Waals surface area contributed by atoms with Crippen LogP contribution in [0.3, 0.4) is 0 Å². The van der Waals surface area contributed by atoms with E-state index in [9.17, 15) is 0 Å². The highest BCUT2D eigenvalue weighted by Crippen LogP contribution is 2.07. The second-order valence-corrected chi connectivity index (χ2v) is 2.92. The normalized spacial score (nSPS) is 13.4. The highest BCUT2D eigenvalue weighted by Gasteiger charge is 1.90. The lowest BCUT2D eigenvalue weighted by molar-refractivity contribution is 0.342. The standard InChI is InChI=1S/C10H18O/c1-4-10(6-5-7-11)8-9(2)3/h5-6,8-9,11H,4,7H2,1-3H3. The number of rotatable bonds is 4. The topological polar surface area (TPSA) is 20.2 Å². The Hall–Kier alpha value is -0.560. The maximum Gasteiger partial charge on any atom is 0.0615 e. The van der Waals surface area contributed by atoms with Crippen LogP contribution in [0, 0.1) is 5.92 Å². The molecule has 0 saturated heterocycles. The molecule has 0 fully saturated rings. The van der Waals surface area contributed by atoms with Crippen molar-refractivity contribution in [1.29, 1.82) is 0 Å². The van der Waals surface area contributed by atoms with Crippen molar-refractivity contribution in [3.05, 3.63) is 23.8 Å². The lowest BCUT2D eigenvalue weighted by Gasteiger charge is -1.99. The van der Waals surface area contributed by atoms with Crippen LogP contribution in [0.25, 0.3) is 0 Å². The third-order valence-corrected chi connectivity index (χ3v) is 1.39. The summed E-state index contributed by atoms with van der Waals surface area (Å²) in [6, 6.07) is 0. The van der Waals surface area contributed by atoms with Crippen molar-refractivity contribution in [2.45, 2.75) is 27.2 Å². The van der Waals surface area contributed by atoms with Gasteiger partial charge in [0.05, 0.1) is 6.61 Å². The molecule has 1 N–H and O–H groups in total. The molecule has 0 aromatic heterocycles. The minimum atomic E-state index is 0.134. The Morgan fingerprint density at radius 3 is 2.45 bits per heavy atom. The molecule has 0 rings (SSSR count).